The zero-order valence-electron chi connectivity index (χ0n) is 8.82. The Morgan fingerprint density at radius 3 is 2.73 bits per heavy atom. The quantitative estimate of drug-likeness (QED) is 0.815. The van der Waals surface area contributed by atoms with Crippen molar-refractivity contribution in [3.63, 3.8) is 0 Å². The van der Waals surface area contributed by atoms with Crippen molar-refractivity contribution < 1.29 is 9.52 Å². The Morgan fingerprint density at radius 1 is 1.33 bits per heavy atom. The first-order chi connectivity index (χ1) is 7.20. The van der Waals surface area contributed by atoms with E-state index in [9.17, 15) is 0 Å². The van der Waals surface area contributed by atoms with Gasteiger partial charge in [0.05, 0.1) is 6.61 Å². The summed E-state index contributed by atoms with van der Waals surface area (Å²) in [5.41, 5.74) is 2.71. The molecule has 2 rings (SSSR count). The van der Waals surface area contributed by atoms with E-state index in [1.165, 1.54) is 0 Å². The normalized spacial score (nSPS) is 10.6. The van der Waals surface area contributed by atoms with Crippen molar-refractivity contribution in [2.24, 2.45) is 0 Å². The molecule has 0 saturated carbocycles. The molecule has 2 aromatic rings. The SMILES string of the molecule is Cc1cccc(-c2nc(CO)c(C)o2)c1. The highest BCUT2D eigenvalue weighted by Crippen LogP contribution is 2.22. The smallest absolute Gasteiger partial charge is 0.226 e. The molecule has 1 heterocycles. The Labute approximate surface area is 88.4 Å². The maximum absolute atomic E-state index is 9.01. The molecule has 3 nitrogen and oxygen atoms in total. The van der Waals surface area contributed by atoms with E-state index in [2.05, 4.69) is 4.98 Å². The minimum Gasteiger partial charge on any atom is -0.441 e. The Balaban J connectivity index is 2.45. The van der Waals surface area contributed by atoms with Gasteiger partial charge in [-0.2, -0.15) is 0 Å². The van der Waals surface area contributed by atoms with Crippen molar-refractivity contribution in [2.45, 2.75) is 20.5 Å². The van der Waals surface area contributed by atoms with Gasteiger partial charge in [0.25, 0.3) is 0 Å². The van der Waals surface area contributed by atoms with E-state index in [-0.39, 0.29) is 6.61 Å². The number of aryl methyl sites for hydroxylation is 2. The molecule has 1 N–H and O–H groups in total. The summed E-state index contributed by atoms with van der Waals surface area (Å²) in [4.78, 5) is 4.22. The lowest BCUT2D eigenvalue weighted by molar-refractivity contribution is 0.275. The van der Waals surface area contributed by atoms with Crippen LogP contribution in [0, 0.1) is 13.8 Å². The van der Waals surface area contributed by atoms with Gasteiger partial charge in [-0.1, -0.05) is 17.7 Å². The second-order valence-electron chi connectivity index (χ2n) is 3.55. The summed E-state index contributed by atoms with van der Waals surface area (Å²) in [6.45, 7) is 3.74. The van der Waals surface area contributed by atoms with Crippen LogP contribution in [0.2, 0.25) is 0 Å². The fourth-order valence-electron chi connectivity index (χ4n) is 1.48. The molecular weight excluding hydrogens is 190 g/mol. The summed E-state index contributed by atoms with van der Waals surface area (Å²) in [6, 6.07) is 7.93. The largest absolute Gasteiger partial charge is 0.441 e. The van der Waals surface area contributed by atoms with Gasteiger partial charge in [-0.05, 0) is 26.0 Å². The van der Waals surface area contributed by atoms with E-state index >= 15 is 0 Å². The van der Waals surface area contributed by atoms with E-state index in [1.54, 1.807) is 6.92 Å². The highest BCUT2D eigenvalue weighted by molar-refractivity contribution is 5.54. The number of aliphatic hydroxyl groups is 1. The third-order valence-corrected chi connectivity index (χ3v) is 2.31. The van der Waals surface area contributed by atoms with Crippen LogP contribution in [0.25, 0.3) is 11.5 Å². The molecule has 0 aliphatic rings. The average molecular weight is 203 g/mol. The number of nitrogens with zero attached hydrogens (tertiary/aromatic N) is 1. The van der Waals surface area contributed by atoms with Crippen molar-refractivity contribution >= 4 is 0 Å². The maximum Gasteiger partial charge on any atom is 0.226 e. The van der Waals surface area contributed by atoms with Crippen LogP contribution in [0.4, 0.5) is 0 Å². The van der Waals surface area contributed by atoms with Crippen LogP contribution in [-0.4, -0.2) is 10.1 Å². The highest BCUT2D eigenvalue weighted by atomic mass is 16.4. The fraction of sp³-hybridized carbons (Fsp3) is 0.250. The number of rotatable bonds is 2. The molecule has 3 heteroatoms. The van der Waals surface area contributed by atoms with E-state index < -0.39 is 0 Å². The van der Waals surface area contributed by atoms with Gasteiger partial charge in [0.15, 0.2) is 0 Å². The first-order valence-corrected chi connectivity index (χ1v) is 4.85. The lowest BCUT2D eigenvalue weighted by atomic mass is 10.1. The average Bonchev–Trinajstić information content (AvgIpc) is 2.60. The first kappa shape index (κ1) is 9.93. The Hall–Kier alpha value is -1.61. The molecule has 78 valence electrons. The van der Waals surface area contributed by atoms with Crippen molar-refractivity contribution in [1.29, 1.82) is 0 Å². The number of aliphatic hydroxyl groups excluding tert-OH is 1. The summed E-state index contributed by atoms with van der Waals surface area (Å²) in [5, 5.41) is 9.01. The summed E-state index contributed by atoms with van der Waals surface area (Å²) in [7, 11) is 0. The van der Waals surface area contributed by atoms with Gasteiger partial charge in [-0.15, -0.1) is 0 Å². The maximum atomic E-state index is 9.01. The molecule has 0 amide bonds. The molecule has 15 heavy (non-hydrogen) atoms. The minimum absolute atomic E-state index is 0.0822. The van der Waals surface area contributed by atoms with Gasteiger partial charge < -0.3 is 9.52 Å². The van der Waals surface area contributed by atoms with Gasteiger partial charge in [-0.25, -0.2) is 4.98 Å². The molecule has 0 aliphatic carbocycles. The molecule has 0 unspecified atom stereocenters. The number of hydrogen-bond donors (Lipinski definition) is 1. The standard InChI is InChI=1S/C12H13NO2/c1-8-4-3-5-10(6-8)12-13-11(7-14)9(2)15-12/h3-6,14H,7H2,1-2H3. The summed E-state index contributed by atoms with van der Waals surface area (Å²) >= 11 is 0. The van der Waals surface area contributed by atoms with Crippen molar-refractivity contribution in [3.05, 3.63) is 41.3 Å². The Morgan fingerprint density at radius 2 is 2.13 bits per heavy atom. The molecule has 1 aromatic heterocycles. The summed E-state index contributed by atoms with van der Waals surface area (Å²) in [6.07, 6.45) is 0. The molecule has 0 bridgehead atoms. The molecule has 0 saturated heterocycles. The first-order valence-electron chi connectivity index (χ1n) is 4.85. The third-order valence-electron chi connectivity index (χ3n) is 2.31. The number of hydrogen-bond acceptors (Lipinski definition) is 3. The molecule has 0 atom stereocenters. The van der Waals surface area contributed by atoms with Crippen molar-refractivity contribution in [1.82, 2.24) is 4.98 Å². The minimum atomic E-state index is -0.0822. The van der Waals surface area contributed by atoms with Crippen LogP contribution in [-0.2, 0) is 6.61 Å². The van der Waals surface area contributed by atoms with E-state index in [1.807, 2.05) is 31.2 Å². The lowest BCUT2D eigenvalue weighted by Crippen LogP contribution is -1.85. The monoisotopic (exact) mass is 203 g/mol. The summed E-state index contributed by atoms with van der Waals surface area (Å²) < 4.78 is 5.48. The molecular formula is C12H13NO2. The van der Waals surface area contributed by atoms with Crippen LogP contribution < -0.4 is 0 Å². The van der Waals surface area contributed by atoms with Crippen LogP contribution >= 0.6 is 0 Å². The van der Waals surface area contributed by atoms with Gasteiger partial charge in [0, 0.05) is 5.56 Å². The zero-order valence-corrected chi connectivity index (χ0v) is 8.82. The Kier molecular flexibility index (Phi) is 2.56. The predicted octanol–water partition coefficient (Wildman–Crippen LogP) is 2.45. The van der Waals surface area contributed by atoms with Crippen LogP contribution in [0.5, 0.6) is 0 Å². The zero-order chi connectivity index (χ0) is 10.8. The van der Waals surface area contributed by atoms with Crippen LogP contribution in [0.3, 0.4) is 0 Å². The number of aromatic nitrogens is 1. The van der Waals surface area contributed by atoms with Gasteiger partial charge >= 0.3 is 0 Å². The molecule has 0 aliphatic heterocycles. The highest BCUT2D eigenvalue weighted by Gasteiger charge is 2.09. The van der Waals surface area contributed by atoms with Gasteiger partial charge in [0.1, 0.15) is 11.5 Å². The van der Waals surface area contributed by atoms with E-state index in [0.717, 1.165) is 11.1 Å². The van der Waals surface area contributed by atoms with E-state index in [0.29, 0.717) is 17.3 Å². The van der Waals surface area contributed by atoms with Crippen molar-refractivity contribution in [3.8, 4) is 11.5 Å². The number of oxazole rings is 1. The van der Waals surface area contributed by atoms with Crippen LogP contribution in [0.15, 0.2) is 28.7 Å². The predicted molar refractivity (Wildman–Crippen MR) is 57.3 cm³/mol. The number of benzene rings is 1. The fourth-order valence-corrected chi connectivity index (χ4v) is 1.48. The van der Waals surface area contributed by atoms with Crippen LogP contribution in [0.1, 0.15) is 17.0 Å². The second kappa shape index (κ2) is 3.87. The van der Waals surface area contributed by atoms with Crippen molar-refractivity contribution in [2.75, 3.05) is 0 Å². The van der Waals surface area contributed by atoms with Gasteiger partial charge in [-0.3, -0.25) is 0 Å². The summed E-state index contributed by atoms with van der Waals surface area (Å²) in [5.74, 6) is 1.24. The third kappa shape index (κ3) is 1.92. The molecule has 1 aromatic carbocycles. The Bertz CT molecular complexity index is 474. The van der Waals surface area contributed by atoms with E-state index in [4.69, 9.17) is 9.52 Å². The molecule has 0 fully saturated rings. The molecule has 0 radical (unpaired) electrons. The molecule has 0 spiro atoms. The second-order valence-corrected chi connectivity index (χ2v) is 3.55. The topological polar surface area (TPSA) is 46.3 Å². The lowest BCUT2D eigenvalue weighted by Gasteiger charge is -1.96. The van der Waals surface area contributed by atoms with Gasteiger partial charge in [0.2, 0.25) is 5.89 Å².